The Balaban J connectivity index is 0.000000138. The van der Waals surface area contributed by atoms with Gasteiger partial charge in [-0.3, -0.25) is 4.79 Å². The lowest BCUT2D eigenvalue weighted by Gasteiger charge is -2.21. The van der Waals surface area contributed by atoms with E-state index in [0.717, 1.165) is 173 Å². The zero-order valence-corrected chi connectivity index (χ0v) is 69.8. The number of methoxy groups -OCH3 is 2. The zero-order chi connectivity index (χ0) is 82.8. The summed E-state index contributed by atoms with van der Waals surface area (Å²) >= 11 is 12.1. The van der Waals surface area contributed by atoms with Crippen molar-refractivity contribution in [2.75, 3.05) is 62.1 Å². The van der Waals surface area contributed by atoms with Gasteiger partial charge in [-0.25, -0.2) is 19.9 Å². The lowest BCUT2D eigenvalue weighted by Crippen LogP contribution is -2.21. The minimum Gasteiger partial charge on any atom is -0.497 e. The molecule has 0 saturated heterocycles. The number of ether oxygens (including phenoxy) is 3. The van der Waals surface area contributed by atoms with E-state index in [4.69, 9.17) is 57.3 Å². The SMILES string of the molecule is CC(=O)Nc1ccc(-c2cc(-c3ccccc3)nc(-c3ccccc3)c2)cc1.CCN(CC)c1ccc(-c2cc(-c3ccc(OC)cc3)nc(-c3ccc(OC)cc3)c2)cc1.CCN(CC)c1ccc(-c2cc(-c3ccccc3)nc(-c3ccccc3)c2)cc1.CCOc1ccc(-c2cc(-c3ccc(Cl)cc3)nc(-c3ccc(Cl)cc3)c2)cc1. The molecule has 0 atom stereocenters. The van der Waals surface area contributed by atoms with Crippen LogP contribution in [-0.2, 0) is 4.79 Å². The number of halogens is 2. The second kappa shape index (κ2) is 41.2. The summed E-state index contributed by atoms with van der Waals surface area (Å²) in [6.07, 6.45) is 0. The molecule has 0 aliphatic heterocycles. The van der Waals surface area contributed by atoms with Crippen LogP contribution in [0.25, 0.3) is 135 Å². The van der Waals surface area contributed by atoms with Gasteiger partial charge in [0.1, 0.15) is 17.2 Å². The van der Waals surface area contributed by atoms with E-state index in [2.05, 4.69) is 225 Å². The first-order valence-electron chi connectivity index (χ1n) is 40.2. The van der Waals surface area contributed by atoms with Gasteiger partial charge in [-0.05, 0) is 249 Å². The number of hydrogen-bond donors (Lipinski definition) is 1. The molecule has 16 aromatic rings. The third-order valence-corrected chi connectivity index (χ3v) is 20.8. The van der Waals surface area contributed by atoms with Crippen LogP contribution in [0.3, 0.4) is 0 Å². The Morgan fingerprint density at radius 2 is 0.496 bits per heavy atom. The maximum atomic E-state index is 11.3. The van der Waals surface area contributed by atoms with E-state index in [9.17, 15) is 4.79 Å². The molecule has 4 aromatic heterocycles. The van der Waals surface area contributed by atoms with Crippen LogP contribution < -0.4 is 29.3 Å². The topological polar surface area (TPSA) is 115 Å². The quantitative estimate of drug-likeness (QED) is 0.0664. The number of nitrogens with one attached hydrogen (secondary N) is 1. The maximum Gasteiger partial charge on any atom is 0.221 e. The van der Waals surface area contributed by atoms with Crippen molar-refractivity contribution < 1.29 is 19.0 Å². The first-order valence-corrected chi connectivity index (χ1v) is 40.9. The molecule has 4 heterocycles. The smallest absolute Gasteiger partial charge is 0.221 e. The number of rotatable bonds is 23. The third kappa shape index (κ3) is 22.3. The van der Waals surface area contributed by atoms with Gasteiger partial charge in [-0.1, -0.05) is 217 Å². The monoisotopic (exact) mass is 1600 g/mol. The fourth-order valence-corrected chi connectivity index (χ4v) is 14.2. The summed E-state index contributed by atoms with van der Waals surface area (Å²) < 4.78 is 16.2. The van der Waals surface area contributed by atoms with Gasteiger partial charge in [0.25, 0.3) is 0 Å². The molecule has 592 valence electrons. The van der Waals surface area contributed by atoms with E-state index in [1.165, 1.54) is 29.4 Å². The van der Waals surface area contributed by atoms with Crippen molar-refractivity contribution >= 4 is 46.2 Å². The molecule has 12 aromatic carbocycles. The van der Waals surface area contributed by atoms with Gasteiger partial charge in [-0.2, -0.15) is 0 Å². The first-order chi connectivity index (χ1) is 58.2. The lowest BCUT2D eigenvalue weighted by atomic mass is 9.99. The summed E-state index contributed by atoms with van der Waals surface area (Å²) in [5, 5.41) is 4.21. The van der Waals surface area contributed by atoms with E-state index in [-0.39, 0.29) is 5.91 Å². The van der Waals surface area contributed by atoms with Crippen LogP contribution in [0.5, 0.6) is 17.2 Å². The lowest BCUT2D eigenvalue weighted by molar-refractivity contribution is -0.114. The van der Waals surface area contributed by atoms with Gasteiger partial charge in [0, 0.05) is 105 Å². The van der Waals surface area contributed by atoms with Crippen molar-refractivity contribution in [1.29, 1.82) is 0 Å². The van der Waals surface area contributed by atoms with Crippen molar-refractivity contribution in [2.45, 2.75) is 41.5 Å². The molecule has 1 amide bonds. The summed E-state index contributed by atoms with van der Waals surface area (Å²) in [5.41, 5.74) is 28.3. The highest BCUT2D eigenvalue weighted by atomic mass is 35.5. The Bertz CT molecular complexity index is 5660. The maximum absolute atomic E-state index is 11.3. The number of amides is 1. The molecule has 0 aliphatic rings. The van der Waals surface area contributed by atoms with Gasteiger partial charge < -0.3 is 29.3 Å². The number of pyridine rings is 4. The summed E-state index contributed by atoms with van der Waals surface area (Å²) in [5.74, 6) is 2.45. The fourth-order valence-electron chi connectivity index (χ4n) is 13.9. The van der Waals surface area contributed by atoms with Crippen molar-refractivity contribution in [2.24, 2.45) is 0 Å². The molecule has 0 bridgehead atoms. The Hall–Kier alpha value is -13.7. The van der Waals surface area contributed by atoms with E-state index < -0.39 is 0 Å². The average molecular weight is 1600 g/mol. The van der Waals surface area contributed by atoms with Crippen molar-refractivity contribution in [3.63, 3.8) is 0 Å². The highest BCUT2D eigenvalue weighted by Gasteiger charge is 2.16. The van der Waals surface area contributed by atoms with Crippen molar-refractivity contribution in [1.82, 2.24) is 19.9 Å². The molecule has 0 aliphatic carbocycles. The van der Waals surface area contributed by atoms with Crippen LogP contribution in [0.15, 0.2) is 364 Å². The number of aromatic nitrogens is 4. The Kier molecular flexibility index (Phi) is 28.8. The van der Waals surface area contributed by atoms with Gasteiger partial charge >= 0.3 is 0 Å². The minimum absolute atomic E-state index is 0.0746. The summed E-state index contributed by atoms with van der Waals surface area (Å²) in [6, 6.07) is 123. The third-order valence-electron chi connectivity index (χ3n) is 20.3. The molecule has 0 spiro atoms. The normalized spacial score (nSPS) is 10.6. The molecule has 16 rings (SSSR count). The van der Waals surface area contributed by atoms with Crippen LogP contribution >= 0.6 is 23.2 Å². The predicted octanol–water partition coefficient (Wildman–Crippen LogP) is 27.7. The Labute approximate surface area is 709 Å². The van der Waals surface area contributed by atoms with Crippen LogP contribution in [0, 0.1) is 0 Å². The molecule has 1 N–H and O–H groups in total. The summed E-state index contributed by atoms with van der Waals surface area (Å²) in [6.45, 7) is 16.9. The molecule has 11 nitrogen and oxygen atoms in total. The predicted molar refractivity (Wildman–Crippen MR) is 498 cm³/mol. The highest BCUT2D eigenvalue weighted by Crippen LogP contribution is 2.38. The number of carbonyl (C=O) groups excluding carboxylic acids is 1. The number of hydrogen-bond acceptors (Lipinski definition) is 10. The number of nitrogens with zero attached hydrogens (tertiary/aromatic N) is 6. The molecule has 0 saturated carbocycles. The molecule has 0 unspecified atom stereocenters. The standard InChI is InChI=1S/C29H30N2O2.C27H26N2.C25H19Cl2NO.C25H20N2O/c1-5-31(6-2)25-13-7-21(8-14-25)24-19-28(22-9-15-26(32-3)16-10-22)30-29(20-24)23-11-17-27(33-4)18-12-23;1-3-29(4-2)25-17-15-21(16-18-25)24-19-26(22-11-7-5-8-12-22)28-27(20-24)23-13-9-6-10-14-23;1-2-29-23-13-7-17(8-14-23)20-15-24(18-3-9-21(26)10-4-18)28-25(16-20)19-5-11-22(27)12-6-19;1-18(28)26-23-14-12-19(13-15-23)22-16-24(20-8-4-2-5-9-20)27-25(17-22)21-10-6-3-7-11-21/h7-20H,5-6H2,1-4H3;5-20H,3-4H2,1-2H3;3-16H,2H2,1H3;2-17H,1H3,(H,26,28). The summed E-state index contributed by atoms with van der Waals surface area (Å²) in [4.78, 5) is 35.7. The van der Waals surface area contributed by atoms with Crippen LogP contribution in [0.2, 0.25) is 10.0 Å². The van der Waals surface area contributed by atoms with E-state index in [0.29, 0.717) is 16.7 Å². The van der Waals surface area contributed by atoms with Crippen LogP contribution in [0.4, 0.5) is 17.1 Å². The zero-order valence-electron chi connectivity index (χ0n) is 68.2. The first kappa shape index (κ1) is 83.2. The molecule has 0 fully saturated rings. The van der Waals surface area contributed by atoms with Crippen LogP contribution in [-0.4, -0.2) is 72.8 Å². The van der Waals surface area contributed by atoms with E-state index in [1.54, 1.807) is 14.2 Å². The molecular formula is C106H95Cl2N7O4. The van der Waals surface area contributed by atoms with Gasteiger partial charge in [0.2, 0.25) is 5.91 Å². The average Bonchev–Trinajstić information content (AvgIpc) is 0.812. The van der Waals surface area contributed by atoms with Gasteiger partial charge in [0.15, 0.2) is 0 Å². The van der Waals surface area contributed by atoms with E-state index >= 15 is 0 Å². The Morgan fingerprint density at radius 1 is 0.277 bits per heavy atom. The molecule has 0 radical (unpaired) electrons. The van der Waals surface area contributed by atoms with Gasteiger partial charge in [-0.15, -0.1) is 0 Å². The van der Waals surface area contributed by atoms with Crippen molar-refractivity contribution in [3.8, 4) is 152 Å². The minimum atomic E-state index is -0.0746. The van der Waals surface area contributed by atoms with Crippen LogP contribution in [0.1, 0.15) is 41.5 Å². The largest absolute Gasteiger partial charge is 0.497 e. The Morgan fingerprint density at radius 3 is 0.731 bits per heavy atom. The van der Waals surface area contributed by atoms with Gasteiger partial charge in [0.05, 0.1) is 66.4 Å². The molecular weight excluding hydrogens is 1510 g/mol. The van der Waals surface area contributed by atoms with Crippen molar-refractivity contribution in [3.05, 3.63) is 374 Å². The second-order valence-corrected chi connectivity index (χ2v) is 29.0. The number of benzene rings is 12. The highest BCUT2D eigenvalue weighted by molar-refractivity contribution is 6.31. The molecule has 119 heavy (non-hydrogen) atoms. The van der Waals surface area contributed by atoms with E-state index in [1.807, 2.05) is 189 Å². The summed E-state index contributed by atoms with van der Waals surface area (Å²) in [7, 11) is 3.36. The second-order valence-electron chi connectivity index (χ2n) is 28.1. The fraction of sp³-hybridized carbons (Fsp3) is 0.123. The number of anilines is 3. The number of carbonyl (C=O) groups is 1. The molecule has 13 heteroatoms.